The van der Waals surface area contributed by atoms with E-state index in [4.69, 9.17) is 7.98 Å². The van der Waals surface area contributed by atoms with Gasteiger partial charge in [0.2, 0.25) is 7.98 Å². The van der Waals surface area contributed by atoms with Gasteiger partial charge in [-0.15, -0.1) is 0 Å². The molecule has 0 amide bonds. The summed E-state index contributed by atoms with van der Waals surface area (Å²) in [4.78, 5) is 0. The molecule has 0 aliphatic rings. The third kappa shape index (κ3) is 2.94. The number of aromatic nitrogens is 1. The molecule has 1 rings (SSSR count). The van der Waals surface area contributed by atoms with Crippen LogP contribution >= 0.6 is 0 Å². The summed E-state index contributed by atoms with van der Waals surface area (Å²) >= 11 is 0. The molecule has 0 aliphatic heterocycles. The van der Waals surface area contributed by atoms with Crippen molar-refractivity contribution in [2.24, 2.45) is 0 Å². The SMILES string of the molecule is [B]n1ccccc(C)ccc1. The van der Waals surface area contributed by atoms with Gasteiger partial charge in [0, 0.05) is 0 Å². The first-order chi connectivity index (χ1) is 5.29. The molecule has 0 N–H and O–H groups in total. The van der Waals surface area contributed by atoms with Crippen LogP contribution in [0, 0.1) is 6.92 Å². The number of nitrogens with zero attached hydrogens (tertiary/aromatic N) is 1. The van der Waals surface area contributed by atoms with Crippen LogP contribution < -0.4 is 0 Å². The van der Waals surface area contributed by atoms with Crippen LogP contribution in [0.3, 0.4) is 0 Å². The summed E-state index contributed by atoms with van der Waals surface area (Å²) in [6.45, 7) is 2.04. The quantitative estimate of drug-likeness (QED) is 0.488. The van der Waals surface area contributed by atoms with E-state index in [-0.39, 0.29) is 0 Å². The second-order valence-corrected chi connectivity index (χ2v) is 2.40. The summed E-state index contributed by atoms with van der Waals surface area (Å²) < 4.78 is 1.51. The minimum atomic E-state index is 1.21. The van der Waals surface area contributed by atoms with E-state index in [1.54, 1.807) is 12.4 Å². The Morgan fingerprint density at radius 2 is 1.73 bits per heavy atom. The molecule has 0 aliphatic carbocycles. The predicted octanol–water partition coefficient (Wildman–Crippen LogP) is 1.85. The topological polar surface area (TPSA) is 4.93 Å². The van der Waals surface area contributed by atoms with Crippen molar-refractivity contribution in [2.45, 2.75) is 6.92 Å². The molecular formula is C9H10BN. The highest BCUT2D eigenvalue weighted by Crippen LogP contribution is 1.90. The molecule has 0 saturated carbocycles. The van der Waals surface area contributed by atoms with E-state index in [9.17, 15) is 0 Å². The van der Waals surface area contributed by atoms with Crippen LogP contribution in [0.4, 0.5) is 0 Å². The standard InChI is InChI=1S/C9H10BN/c1-9-5-2-3-7-11(10)8-4-6-9/h2-8H,1H3. The molecule has 0 bridgehead atoms. The first kappa shape index (κ1) is 7.93. The molecule has 1 aromatic rings. The Morgan fingerprint density at radius 3 is 2.55 bits per heavy atom. The van der Waals surface area contributed by atoms with Crippen molar-refractivity contribution in [2.75, 3.05) is 0 Å². The highest BCUT2D eigenvalue weighted by Gasteiger charge is 1.72. The maximum Gasteiger partial charge on any atom is 0.233 e. The largest absolute Gasteiger partial charge is 0.409 e. The second kappa shape index (κ2) is 3.86. The number of hydrogen-bond donors (Lipinski definition) is 0. The Labute approximate surface area is 68.4 Å². The molecule has 54 valence electrons. The van der Waals surface area contributed by atoms with Crippen LogP contribution in [0.1, 0.15) is 5.56 Å². The second-order valence-electron chi connectivity index (χ2n) is 2.40. The summed E-state index contributed by atoms with van der Waals surface area (Å²) in [7, 11) is 5.52. The highest BCUT2D eigenvalue weighted by molar-refractivity contribution is 6.06. The molecule has 0 atom stereocenters. The van der Waals surface area contributed by atoms with Gasteiger partial charge in [-0.1, -0.05) is 23.8 Å². The molecule has 2 heteroatoms. The maximum absolute atomic E-state index is 5.52. The fourth-order valence-electron chi connectivity index (χ4n) is 0.756. The summed E-state index contributed by atoms with van der Waals surface area (Å²) in [5.74, 6) is 0. The minimum absolute atomic E-state index is 1.21. The first-order valence-corrected chi connectivity index (χ1v) is 3.52. The van der Waals surface area contributed by atoms with E-state index in [2.05, 4.69) is 0 Å². The molecule has 2 radical (unpaired) electrons. The van der Waals surface area contributed by atoms with E-state index in [1.165, 1.54) is 10.0 Å². The van der Waals surface area contributed by atoms with Crippen LogP contribution in [-0.4, -0.2) is 12.5 Å². The Balaban J connectivity index is 3.21. The monoisotopic (exact) mass is 143 g/mol. The van der Waals surface area contributed by atoms with Crippen molar-refractivity contribution in [3.63, 3.8) is 0 Å². The summed E-state index contributed by atoms with van der Waals surface area (Å²) in [5.41, 5.74) is 1.21. The Hall–Kier alpha value is -1.18. The average Bonchev–Trinajstić information content (AvgIpc) is 2.04. The molecule has 11 heavy (non-hydrogen) atoms. The smallest absolute Gasteiger partial charge is 0.233 e. The zero-order valence-electron chi connectivity index (χ0n) is 6.57. The lowest BCUT2D eigenvalue weighted by Gasteiger charge is -1.86. The molecule has 1 aromatic heterocycles. The van der Waals surface area contributed by atoms with Gasteiger partial charge in [-0.3, -0.25) is 0 Å². The predicted molar refractivity (Wildman–Crippen MR) is 47.9 cm³/mol. The van der Waals surface area contributed by atoms with E-state index >= 15 is 0 Å². The van der Waals surface area contributed by atoms with Crippen LogP contribution in [0.5, 0.6) is 0 Å². The third-order valence-corrected chi connectivity index (χ3v) is 1.35. The summed E-state index contributed by atoms with van der Waals surface area (Å²) in [6.07, 6.45) is 3.59. The van der Waals surface area contributed by atoms with Gasteiger partial charge in [-0.05, 0) is 31.5 Å². The van der Waals surface area contributed by atoms with E-state index < -0.39 is 0 Å². The zero-order chi connectivity index (χ0) is 8.10. The minimum Gasteiger partial charge on any atom is -0.409 e. The number of hydrogen-bond acceptors (Lipinski definition) is 0. The van der Waals surface area contributed by atoms with Crippen LogP contribution in [0.25, 0.3) is 0 Å². The molecule has 0 aromatic carbocycles. The highest BCUT2D eigenvalue weighted by atomic mass is 14.8. The number of aryl methyl sites for hydroxylation is 1. The average molecular weight is 143 g/mol. The van der Waals surface area contributed by atoms with Crippen molar-refractivity contribution >= 4 is 7.98 Å². The lowest BCUT2D eigenvalue weighted by Crippen LogP contribution is -1.84. The Morgan fingerprint density at radius 1 is 1.09 bits per heavy atom. The van der Waals surface area contributed by atoms with Gasteiger partial charge < -0.3 is 4.48 Å². The van der Waals surface area contributed by atoms with Crippen molar-refractivity contribution in [1.29, 1.82) is 0 Å². The van der Waals surface area contributed by atoms with Gasteiger partial charge in [0.25, 0.3) is 0 Å². The van der Waals surface area contributed by atoms with Crippen LogP contribution in [0.15, 0.2) is 42.7 Å². The van der Waals surface area contributed by atoms with Gasteiger partial charge >= 0.3 is 0 Å². The van der Waals surface area contributed by atoms with Crippen molar-refractivity contribution < 1.29 is 0 Å². The molecule has 0 unspecified atom stereocenters. The fourth-order valence-corrected chi connectivity index (χ4v) is 0.756. The third-order valence-electron chi connectivity index (χ3n) is 1.35. The summed E-state index contributed by atoms with van der Waals surface area (Å²) in [6, 6.07) is 9.80. The van der Waals surface area contributed by atoms with Gasteiger partial charge in [-0.25, -0.2) is 0 Å². The molecule has 0 saturated heterocycles. The van der Waals surface area contributed by atoms with Crippen molar-refractivity contribution in [3.05, 3.63) is 48.3 Å². The Bertz CT molecular complexity index is 250. The van der Waals surface area contributed by atoms with Crippen molar-refractivity contribution in [1.82, 2.24) is 4.48 Å². The van der Waals surface area contributed by atoms with Gasteiger partial charge in [0.1, 0.15) is 0 Å². The Kier molecular flexibility index (Phi) is 2.78. The van der Waals surface area contributed by atoms with Crippen LogP contribution in [-0.2, 0) is 0 Å². The van der Waals surface area contributed by atoms with E-state index in [0.717, 1.165) is 0 Å². The normalized spacial score (nSPS) is 8.82. The lowest BCUT2D eigenvalue weighted by atomic mass is 10.3. The molecule has 0 fully saturated rings. The zero-order valence-corrected chi connectivity index (χ0v) is 6.57. The molecule has 1 nitrogen and oxygen atoms in total. The fraction of sp³-hybridized carbons (Fsp3) is 0.111. The molecular weight excluding hydrogens is 133 g/mol. The maximum atomic E-state index is 5.52. The van der Waals surface area contributed by atoms with Gasteiger partial charge in [-0.2, -0.15) is 0 Å². The van der Waals surface area contributed by atoms with Crippen molar-refractivity contribution in [3.8, 4) is 0 Å². The lowest BCUT2D eigenvalue weighted by molar-refractivity contribution is 1.22. The summed E-state index contributed by atoms with van der Waals surface area (Å²) in [5, 5.41) is 0. The van der Waals surface area contributed by atoms with E-state index in [1.807, 2.05) is 37.3 Å². The molecule has 0 spiro atoms. The number of rotatable bonds is 0. The first-order valence-electron chi connectivity index (χ1n) is 3.52. The molecule has 1 heterocycles. The van der Waals surface area contributed by atoms with E-state index in [0.29, 0.717) is 0 Å². The van der Waals surface area contributed by atoms with Gasteiger partial charge in [0.05, 0.1) is 0 Å². The van der Waals surface area contributed by atoms with Crippen LogP contribution in [0.2, 0.25) is 0 Å². The van der Waals surface area contributed by atoms with Gasteiger partial charge in [0.15, 0.2) is 0 Å².